The maximum absolute atomic E-state index is 12.0. The summed E-state index contributed by atoms with van der Waals surface area (Å²) in [7, 11) is -9.53. The molecule has 220 valence electrons. The number of unbranched alkanes of at least 4 members (excludes halogenated alkanes) is 3. The van der Waals surface area contributed by atoms with Crippen molar-refractivity contribution in [2.24, 2.45) is 0 Å². The molecule has 1 aliphatic heterocycles. The predicted molar refractivity (Wildman–Crippen MR) is 147 cm³/mol. The lowest BCUT2D eigenvalue weighted by molar-refractivity contribution is -0.0483. The molecule has 3 unspecified atom stereocenters. The summed E-state index contributed by atoms with van der Waals surface area (Å²) in [5.41, 5.74) is 2.46. The van der Waals surface area contributed by atoms with Gasteiger partial charge in [0.2, 0.25) is 5.28 Å². The molecule has 1 aliphatic rings. The van der Waals surface area contributed by atoms with Crippen LogP contribution in [0.1, 0.15) is 44.4 Å². The molecule has 1 saturated heterocycles. The number of ether oxygens (including phenoxy) is 1. The first-order valence-electron chi connectivity index (χ1n) is 12.7. The van der Waals surface area contributed by atoms with E-state index in [2.05, 4.69) is 27.2 Å². The molecule has 5 atom stereocenters. The third kappa shape index (κ3) is 7.86. The van der Waals surface area contributed by atoms with E-state index in [-0.39, 0.29) is 10.9 Å². The highest BCUT2D eigenvalue weighted by Gasteiger charge is 2.45. The van der Waals surface area contributed by atoms with Crippen molar-refractivity contribution in [1.29, 1.82) is 0 Å². The lowest BCUT2D eigenvalue weighted by Gasteiger charge is -2.18. The number of benzene rings is 1. The fraction of sp³-hybridized carbons (Fsp3) is 0.522. The van der Waals surface area contributed by atoms with Crippen molar-refractivity contribution >= 4 is 49.5 Å². The van der Waals surface area contributed by atoms with Crippen molar-refractivity contribution in [3.8, 4) is 0 Å². The van der Waals surface area contributed by atoms with Crippen LogP contribution in [0.2, 0.25) is 5.28 Å². The minimum Gasteiger partial charge on any atom is -0.387 e. The molecule has 0 spiro atoms. The van der Waals surface area contributed by atoms with Crippen molar-refractivity contribution in [1.82, 2.24) is 19.5 Å². The number of hydrogen-bond acceptors (Lipinski definition) is 10. The first-order valence-corrected chi connectivity index (χ1v) is 16.6. The van der Waals surface area contributed by atoms with Crippen LogP contribution in [-0.2, 0) is 24.8 Å². The highest BCUT2D eigenvalue weighted by Crippen LogP contribution is 2.55. The highest BCUT2D eigenvalue weighted by molar-refractivity contribution is 7.70. The number of aliphatic hydroxyl groups excluding tert-OH is 2. The largest absolute Gasteiger partial charge is 0.387 e. The van der Waals surface area contributed by atoms with Crippen LogP contribution in [0.25, 0.3) is 11.2 Å². The van der Waals surface area contributed by atoms with Gasteiger partial charge in [-0.1, -0.05) is 38.3 Å². The second kappa shape index (κ2) is 12.9. The van der Waals surface area contributed by atoms with Crippen LogP contribution < -0.4 is 5.32 Å². The summed E-state index contributed by atoms with van der Waals surface area (Å²) < 4.78 is 34.8. The van der Waals surface area contributed by atoms with Crippen molar-refractivity contribution < 1.29 is 43.3 Å². The number of halogens is 1. The van der Waals surface area contributed by atoms with E-state index in [4.69, 9.17) is 30.6 Å². The van der Waals surface area contributed by atoms with Gasteiger partial charge in [-0.3, -0.25) is 13.7 Å². The van der Waals surface area contributed by atoms with E-state index in [0.717, 1.165) is 18.5 Å². The van der Waals surface area contributed by atoms with Crippen LogP contribution in [-0.4, -0.2) is 75.2 Å². The average Bonchev–Trinajstić information content (AvgIpc) is 3.41. The lowest BCUT2D eigenvalue weighted by atomic mass is 10.1. The quantitative estimate of drug-likeness (QED) is 0.0922. The van der Waals surface area contributed by atoms with Crippen LogP contribution in [0.5, 0.6) is 0 Å². The first kappa shape index (κ1) is 31.0. The molecule has 0 amide bonds. The molecule has 3 heterocycles. The minimum absolute atomic E-state index is 0.115. The summed E-state index contributed by atoms with van der Waals surface area (Å²) in [6.07, 6.45) is 1.41. The van der Waals surface area contributed by atoms with Crippen molar-refractivity contribution in [3.63, 3.8) is 0 Å². The molecule has 1 fully saturated rings. The third-order valence-electron chi connectivity index (χ3n) is 6.34. The summed E-state index contributed by atoms with van der Waals surface area (Å²) in [6.45, 7) is 1.46. The molecule has 0 bridgehead atoms. The summed E-state index contributed by atoms with van der Waals surface area (Å²) in [5, 5.41) is 24.1. The molecule has 17 heteroatoms. The first-order chi connectivity index (χ1) is 18.9. The average molecular weight is 620 g/mol. The number of aromatic nitrogens is 4. The van der Waals surface area contributed by atoms with Gasteiger partial charge in [0.25, 0.3) is 0 Å². The second-order valence-corrected chi connectivity index (χ2v) is 13.9. The Hall–Kier alpha value is -1.96. The van der Waals surface area contributed by atoms with Gasteiger partial charge in [0.15, 0.2) is 29.1 Å². The van der Waals surface area contributed by atoms with Gasteiger partial charge in [0.05, 0.1) is 12.9 Å². The van der Waals surface area contributed by atoms with Crippen LogP contribution in [0, 0.1) is 0 Å². The van der Waals surface area contributed by atoms with Gasteiger partial charge >= 0.3 is 15.2 Å². The lowest BCUT2D eigenvalue weighted by Crippen LogP contribution is -2.33. The van der Waals surface area contributed by atoms with Gasteiger partial charge in [0, 0.05) is 5.69 Å². The molecule has 40 heavy (non-hydrogen) atoms. The number of aryl methyl sites for hydroxylation is 1. The van der Waals surface area contributed by atoms with Crippen LogP contribution in [0.3, 0.4) is 0 Å². The molecular weight excluding hydrogens is 588 g/mol. The van der Waals surface area contributed by atoms with Crippen molar-refractivity contribution in [3.05, 3.63) is 41.4 Å². The van der Waals surface area contributed by atoms with Gasteiger partial charge in [-0.25, -0.2) is 4.98 Å². The topological polar surface area (TPSA) is 209 Å². The number of rotatable bonds is 13. The molecule has 14 nitrogen and oxygen atoms in total. The summed E-state index contributed by atoms with van der Waals surface area (Å²) in [5.74, 6) is -1.09. The Morgan fingerprint density at radius 1 is 1.07 bits per heavy atom. The monoisotopic (exact) mass is 619 g/mol. The van der Waals surface area contributed by atoms with Crippen molar-refractivity contribution in [2.75, 3.05) is 17.8 Å². The Bertz CT molecular complexity index is 1400. The van der Waals surface area contributed by atoms with Gasteiger partial charge < -0.3 is 39.5 Å². The maximum Gasteiger partial charge on any atom is 0.340 e. The zero-order valence-corrected chi connectivity index (χ0v) is 24.1. The molecule has 4 rings (SSSR count). The molecule has 2 aromatic heterocycles. The molecule has 0 aliphatic carbocycles. The Balaban J connectivity index is 1.48. The van der Waals surface area contributed by atoms with E-state index >= 15 is 0 Å². The summed E-state index contributed by atoms with van der Waals surface area (Å²) >= 11 is 6.18. The number of nitrogens with zero attached hydrogens (tertiary/aromatic N) is 4. The third-order valence-corrected chi connectivity index (χ3v) is 9.97. The van der Waals surface area contributed by atoms with Gasteiger partial charge in [-0.05, 0) is 42.1 Å². The number of aliphatic hydroxyl groups is 2. The summed E-state index contributed by atoms with van der Waals surface area (Å²) in [6, 6.07) is 7.91. The zero-order chi connectivity index (χ0) is 29.1. The maximum atomic E-state index is 12.0. The van der Waals surface area contributed by atoms with E-state index in [9.17, 15) is 24.2 Å². The predicted octanol–water partition coefficient (Wildman–Crippen LogP) is 3.30. The second-order valence-electron chi connectivity index (χ2n) is 9.58. The number of nitrogens with one attached hydrogen (secondary N) is 1. The number of anilines is 2. The summed E-state index contributed by atoms with van der Waals surface area (Å²) in [4.78, 5) is 40.3. The SMILES string of the molecule is CCCCCCc1ccc(Nc2nc(Cl)nc3c2ncn3[C@@H]2O[C@H](COP(=O)(O)CP(=O)(O)O)C(O)C2O)cc1. The number of imidazole rings is 1. The van der Waals surface area contributed by atoms with Crippen LogP contribution in [0.4, 0.5) is 11.5 Å². The van der Waals surface area contributed by atoms with E-state index in [1.165, 1.54) is 35.7 Å². The van der Waals surface area contributed by atoms with E-state index in [1.807, 2.05) is 24.3 Å². The molecule has 6 N–H and O–H groups in total. The standard InChI is InChI=1S/C23H32ClN5O9P2/c1-2-3-4-5-6-14-7-9-15(10-8-14)26-20-17-21(28-23(24)27-20)29(12-25-17)22-19(31)18(30)16(38-22)11-37-40(35,36)13-39(32,33)34/h7-10,12,16,18-19,22,30-31H,2-6,11,13H2,1H3,(H,35,36)(H,26,27,28)(H2,32,33,34)/t16-,18?,19?,22-/m1/s1. The Morgan fingerprint density at radius 2 is 1.80 bits per heavy atom. The van der Waals surface area contributed by atoms with Crippen molar-refractivity contribution in [2.45, 2.75) is 63.6 Å². The fourth-order valence-corrected chi connectivity index (χ4v) is 7.10. The van der Waals surface area contributed by atoms with E-state index in [0.29, 0.717) is 11.3 Å². The van der Waals surface area contributed by atoms with Gasteiger partial charge in [0.1, 0.15) is 18.3 Å². The molecule has 0 saturated carbocycles. The molecule has 1 aromatic carbocycles. The normalized spacial score (nSPS) is 23.0. The number of fused-ring (bicyclic) bond motifs is 1. The number of hydrogen-bond donors (Lipinski definition) is 6. The highest BCUT2D eigenvalue weighted by atomic mass is 35.5. The van der Waals surface area contributed by atoms with E-state index < -0.39 is 52.2 Å². The van der Waals surface area contributed by atoms with Gasteiger partial charge in [-0.2, -0.15) is 9.97 Å². The Morgan fingerprint density at radius 3 is 2.48 bits per heavy atom. The smallest absolute Gasteiger partial charge is 0.340 e. The molecule has 0 radical (unpaired) electrons. The van der Waals surface area contributed by atoms with E-state index in [1.54, 1.807) is 0 Å². The van der Waals surface area contributed by atoms with Crippen LogP contribution >= 0.6 is 26.8 Å². The zero-order valence-electron chi connectivity index (χ0n) is 21.6. The minimum atomic E-state index is -4.84. The Labute approximate surface area is 235 Å². The van der Waals surface area contributed by atoms with Gasteiger partial charge in [-0.15, -0.1) is 0 Å². The Kier molecular flexibility index (Phi) is 10.0. The molecule has 3 aromatic rings. The molecular formula is C23H32ClN5O9P2. The van der Waals surface area contributed by atoms with Crippen LogP contribution in [0.15, 0.2) is 30.6 Å². The fourth-order valence-electron chi connectivity index (χ4n) is 4.37.